The van der Waals surface area contributed by atoms with Crippen LogP contribution in [0.5, 0.6) is 5.75 Å². The van der Waals surface area contributed by atoms with Crippen LogP contribution in [-0.4, -0.2) is 43.2 Å². The second kappa shape index (κ2) is 7.02. The predicted octanol–water partition coefficient (Wildman–Crippen LogP) is -0.0766. The first-order chi connectivity index (χ1) is 13.2. The van der Waals surface area contributed by atoms with Crippen LogP contribution in [0.25, 0.3) is 11.2 Å². The molecule has 0 unspecified atom stereocenters. The topological polar surface area (TPSA) is 126 Å². The Hall–Kier alpha value is -3.89. The average Bonchev–Trinajstić information content (AvgIpc) is 3.08. The van der Waals surface area contributed by atoms with E-state index in [1.807, 2.05) is 0 Å². The highest BCUT2D eigenvalue weighted by atomic mass is 16.5. The number of carbonyl (C=O) groups is 1. The summed E-state index contributed by atoms with van der Waals surface area (Å²) in [4.78, 5) is 40.9. The summed E-state index contributed by atoms with van der Waals surface area (Å²) in [5, 5.41) is 14.0. The fraction of sp³-hybridized carbons (Fsp3) is 0.235. The van der Waals surface area contributed by atoms with Gasteiger partial charge in [-0.1, -0.05) is 0 Å². The predicted molar refractivity (Wildman–Crippen MR) is 102 cm³/mol. The van der Waals surface area contributed by atoms with E-state index in [1.165, 1.54) is 54.9 Å². The first kappa shape index (κ1) is 18.9. The Morgan fingerprint density at radius 1 is 1.32 bits per heavy atom. The highest BCUT2D eigenvalue weighted by Crippen LogP contribution is 2.28. The maximum Gasteiger partial charge on any atom is 0.332 e. The zero-order valence-electron chi connectivity index (χ0n) is 15.5. The Morgan fingerprint density at radius 3 is 2.68 bits per heavy atom. The van der Waals surface area contributed by atoms with Crippen molar-refractivity contribution in [3.05, 3.63) is 50.6 Å². The molecule has 0 spiro atoms. The molecule has 0 atom stereocenters. The number of fused-ring (bicyclic) bond motifs is 1. The molecule has 0 fully saturated rings. The van der Waals surface area contributed by atoms with Crippen LogP contribution < -0.4 is 21.3 Å². The molecule has 3 aromatic rings. The van der Waals surface area contributed by atoms with E-state index in [-0.39, 0.29) is 29.1 Å². The summed E-state index contributed by atoms with van der Waals surface area (Å²) in [6.07, 6.45) is 1.32. The number of methoxy groups -OCH3 is 1. The minimum absolute atomic E-state index is 0.140. The zero-order valence-corrected chi connectivity index (χ0v) is 15.5. The van der Waals surface area contributed by atoms with Gasteiger partial charge in [0.25, 0.3) is 5.56 Å². The highest BCUT2D eigenvalue weighted by molar-refractivity contribution is 5.93. The lowest BCUT2D eigenvalue weighted by molar-refractivity contribution is -0.349. The molecule has 2 heterocycles. The number of aromatic nitrogens is 4. The van der Waals surface area contributed by atoms with Crippen LogP contribution in [-0.2, 0) is 25.4 Å². The second-order valence-electron chi connectivity index (χ2n) is 6.06. The molecule has 11 heteroatoms. The van der Waals surface area contributed by atoms with Crippen molar-refractivity contribution in [3.8, 4) is 5.75 Å². The number of ether oxygens (including phenoxy) is 1. The number of hydrogen-bond donors (Lipinski definition) is 1. The molecule has 146 valence electrons. The highest BCUT2D eigenvalue weighted by Gasteiger charge is 2.17. The van der Waals surface area contributed by atoms with Crippen molar-refractivity contribution in [1.82, 2.24) is 18.7 Å². The van der Waals surface area contributed by atoms with Crippen LogP contribution in [0.4, 0.5) is 11.4 Å². The third-order valence-electron chi connectivity index (χ3n) is 4.28. The van der Waals surface area contributed by atoms with Crippen molar-refractivity contribution in [3.63, 3.8) is 0 Å². The number of hydrogen-bond acceptors (Lipinski definition) is 6. The lowest BCUT2D eigenvalue weighted by Gasteiger charge is -2.12. The largest absolute Gasteiger partial charge is 0.619 e. The molecule has 2 aromatic heterocycles. The fourth-order valence-electron chi connectivity index (χ4n) is 2.80. The molecule has 1 amide bonds. The zero-order chi connectivity index (χ0) is 20.6. The number of imidazole rings is 1. The minimum Gasteiger partial charge on any atom is -0.619 e. The van der Waals surface area contributed by atoms with Crippen LogP contribution in [0, 0.1) is 5.21 Å². The van der Waals surface area contributed by atoms with Gasteiger partial charge in [-0.2, -0.15) is 4.74 Å². The van der Waals surface area contributed by atoms with Gasteiger partial charge in [0.1, 0.15) is 19.0 Å². The SMILES string of the molecule is C=[N+]([O-])c1ccc(NC(=O)Cn2cnc3c2c(=O)n(C)c(=O)n3C)c(OC)c1. The maximum absolute atomic E-state index is 12.5. The Labute approximate surface area is 158 Å². The van der Waals surface area contributed by atoms with Crippen LogP contribution in [0.15, 0.2) is 34.1 Å². The van der Waals surface area contributed by atoms with Crippen molar-refractivity contribution in [2.24, 2.45) is 14.1 Å². The molecular formula is C17H18N6O5. The van der Waals surface area contributed by atoms with Crippen LogP contribution >= 0.6 is 0 Å². The van der Waals surface area contributed by atoms with Crippen molar-refractivity contribution in [2.45, 2.75) is 6.54 Å². The molecule has 0 aliphatic carbocycles. The van der Waals surface area contributed by atoms with E-state index in [0.29, 0.717) is 10.4 Å². The van der Waals surface area contributed by atoms with E-state index < -0.39 is 17.2 Å². The summed E-state index contributed by atoms with van der Waals surface area (Å²) in [6, 6.07) is 4.43. The number of nitrogens with one attached hydrogen (secondary N) is 1. The van der Waals surface area contributed by atoms with E-state index in [4.69, 9.17) is 4.74 Å². The monoisotopic (exact) mass is 386 g/mol. The normalized spacial score (nSPS) is 10.8. The third-order valence-corrected chi connectivity index (χ3v) is 4.28. The molecule has 1 N–H and O–H groups in total. The Bertz CT molecular complexity index is 1220. The van der Waals surface area contributed by atoms with Crippen molar-refractivity contribution in [1.29, 1.82) is 0 Å². The number of carbonyl (C=O) groups excluding carboxylic acids is 1. The average molecular weight is 386 g/mol. The van der Waals surface area contributed by atoms with Gasteiger partial charge in [0.2, 0.25) is 11.6 Å². The summed E-state index contributed by atoms with van der Waals surface area (Å²) >= 11 is 0. The van der Waals surface area contributed by atoms with Crippen LogP contribution in [0.3, 0.4) is 0 Å². The molecule has 0 aliphatic heterocycles. The molecular weight excluding hydrogens is 368 g/mol. The summed E-state index contributed by atoms with van der Waals surface area (Å²) in [6.45, 7) is 3.04. The molecule has 0 saturated heterocycles. The van der Waals surface area contributed by atoms with Gasteiger partial charge in [-0.3, -0.25) is 18.7 Å². The molecule has 0 radical (unpaired) electrons. The first-order valence-electron chi connectivity index (χ1n) is 8.11. The summed E-state index contributed by atoms with van der Waals surface area (Å²) < 4.78 is 9.16. The van der Waals surface area contributed by atoms with E-state index >= 15 is 0 Å². The third kappa shape index (κ3) is 3.13. The van der Waals surface area contributed by atoms with E-state index in [2.05, 4.69) is 17.0 Å². The van der Waals surface area contributed by atoms with Gasteiger partial charge in [-0.15, -0.1) is 0 Å². The van der Waals surface area contributed by atoms with Crippen molar-refractivity contribution < 1.29 is 14.3 Å². The molecule has 0 saturated carbocycles. The Kier molecular flexibility index (Phi) is 4.74. The Balaban J connectivity index is 1.92. The lowest BCUT2D eigenvalue weighted by Crippen LogP contribution is -2.37. The summed E-state index contributed by atoms with van der Waals surface area (Å²) in [7, 11) is 4.26. The number of benzene rings is 1. The van der Waals surface area contributed by atoms with Crippen LogP contribution in [0.2, 0.25) is 0 Å². The first-order valence-corrected chi connectivity index (χ1v) is 8.11. The standard InChI is InChI=1S/C17H18N6O5/c1-20-15-14(16(25)21(2)17(20)26)23(9-18-15)8-13(24)19-11-6-5-10(22(3)27)7-12(11)28-4/h5-7,9H,3,8H2,1-2,4H3,(H,19,24). The van der Waals surface area contributed by atoms with Crippen molar-refractivity contribution >= 4 is 35.2 Å². The van der Waals surface area contributed by atoms with E-state index in [0.717, 1.165) is 4.57 Å². The number of aryl methyl sites for hydroxylation is 1. The number of anilines is 1. The van der Waals surface area contributed by atoms with E-state index in [9.17, 15) is 19.6 Å². The van der Waals surface area contributed by atoms with Gasteiger partial charge in [-0.25, -0.2) is 9.78 Å². The smallest absolute Gasteiger partial charge is 0.332 e. The Morgan fingerprint density at radius 2 is 2.04 bits per heavy atom. The minimum atomic E-state index is -0.545. The molecule has 1 aromatic carbocycles. The lowest BCUT2D eigenvalue weighted by atomic mass is 10.2. The molecule has 3 rings (SSSR count). The molecule has 0 aliphatic rings. The number of amides is 1. The fourth-order valence-corrected chi connectivity index (χ4v) is 2.80. The summed E-state index contributed by atoms with van der Waals surface area (Å²) in [5.41, 5.74) is -0.108. The van der Waals surface area contributed by atoms with Gasteiger partial charge >= 0.3 is 5.69 Å². The maximum atomic E-state index is 12.5. The van der Waals surface area contributed by atoms with Gasteiger partial charge in [-0.05, 0) is 6.07 Å². The molecule has 28 heavy (non-hydrogen) atoms. The number of rotatable bonds is 5. The van der Waals surface area contributed by atoms with Gasteiger partial charge in [0, 0.05) is 20.2 Å². The van der Waals surface area contributed by atoms with Gasteiger partial charge in [0.05, 0.1) is 25.2 Å². The quantitative estimate of drug-likeness (QED) is 0.283. The van der Waals surface area contributed by atoms with Gasteiger partial charge < -0.3 is 19.8 Å². The van der Waals surface area contributed by atoms with Gasteiger partial charge in [0.15, 0.2) is 11.2 Å². The van der Waals surface area contributed by atoms with Crippen LogP contribution in [0.1, 0.15) is 0 Å². The molecule has 11 nitrogen and oxygen atoms in total. The number of nitrogens with zero attached hydrogens (tertiary/aromatic N) is 5. The summed E-state index contributed by atoms with van der Waals surface area (Å²) in [5.74, 6) is -0.168. The van der Waals surface area contributed by atoms with Crippen molar-refractivity contribution in [2.75, 3.05) is 12.4 Å². The van der Waals surface area contributed by atoms with E-state index in [1.54, 1.807) is 0 Å². The second-order valence-corrected chi connectivity index (χ2v) is 6.06. The molecule has 0 bridgehead atoms.